The van der Waals surface area contributed by atoms with E-state index in [1.54, 1.807) is 11.3 Å². The maximum atomic E-state index is 3.48. The van der Waals surface area contributed by atoms with Gasteiger partial charge in [-0.3, -0.25) is 0 Å². The van der Waals surface area contributed by atoms with Crippen molar-refractivity contribution in [3.63, 3.8) is 0 Å². The fraction of sp³-hybridized carbons (Fsp3) is 0.500. The van der Waals surface area contributed by atoms with E-state index >= 15 is 0 Å². The van der Waals surface area contributed by atoms with Gasteiger partial charge in [0.2, 0.25) is 0 Å². The minimum atomic E-state index is 0.481. The molecule has 2 heteroatoms. The summed E-state index contributed by atoms with van der Waals surface area (Å²) in [5, 5.41) is 7.77. The van der Waals surface area contributed by atoms with Gasteiger partial charge < -0.3 is 5.32 Å². The lowest BCUT2D eigenvalue weighted by molar-refractivity contribution is 0.604. The number of thiophene rings is 1. The molecule has 0 spiro atoms. The molecule has 1 atom stereocenters. The smallest absolute Gasteiger partial charge is 0.0251 e. The molecule has 1 heterocycles. The summed E-state index contributed by atoms with van der Waals surface area (Å²) in [6.45, 7) is 7.69. The molecular formula is C12H19NS. The van der Waals surface area contributed by atoms with Crippen LogP contribution in [-0.2, 0) is 0 Å². The molecule has 0 amide bonds. The average molecular weight is 209 g/mol. The number of hydrogen-bond donors (Lipinski definition) is 1. The van der Waals surface area contributed by atoms with Gasteiger partial charge in [0.25, 0.3) is 0 Å². The molecule has 1 aromatic heterocycles. The Hall–Kier alpha value is -0.600. The first-order chi connectivity index (χ1) is 6.74. The number of nitrogens with one attached hydrogen (secondary N) is 1. The highest BCUT2D eigenvalue weighted by molar-refractivity contribution is 7.08. The molecule has 1 nitrogen and oxygen atoms in total. The molecular weight excluding hydrogens is 190 g/mol. The Morgan fingerprint density at radius 1 is 1.64 bits per heavy atom. The van der Waals surface area contributed by atoms with Gasteiger partial charge >= 0.3 is 0 Å². The zero-order valence-electron chi connectivity index (χ0n) is 9.21. The van der Waals surface area contributed by atoms with Gasteiger partial charge in [-0.15, -0.1) is 0 Å². The third-order valence-corrected chi connectivity index (χ3v) is 3.02. The van der Waals surface area contributed by atoms with Crippen molar-refractivity contribution in [3.8, 4) is 0 Å². The van der Waals surface area contributed by atoms with Crippen LogP contribution in [0.3, 0.4) is 0 Å². The Morgan fingerprint density at radius 3 is 3.00 bits per heavy atom. The SMILES string of the molecule is CCCNC(C)/C(C)=C/c1ccsc1. The Balaban J connectivity index is 2.51. The van der Waals surface area contributed by atoms with Crippen LogP contribution >= 0.6 is 11.3 Å². The van der Waals surface area contributed by atoms with Crippen LogP contribution in [0.4, 0.5) is 0 Å². The summed E-state index contributed by atoms with van der Waals surface area (Å²) in [5.41, 5.74) is 2.72. The zero-order chi connectivity index (χ0) is 10.4. The molecule has 0 aliphatic heterocycles. The van der Waals surface area contributed by atoms with Crippen molar-refractivity contribution < 1.29 is 0 Å². The van der Waals surface area contributed by atoms with Crippen molar-refractivity contribution in [3.05, 3.63) is 28.0 Å². The highest BCUT2D eigenvalue weighted by Gasteiger charge is 2.02. The topological polar surface area (TPSA) is 12.0 Å². The molecule has 0 fully saturated rings. The van der Waals surface area contributed by atoms with Crippen LogP contribution in [0.5, 0.6) is 0 Å². The molecule has 0 saturated heterocycles. The summed E-state index contributed by atoms with van der Waals surface area (Å²) in [5.74, 6) is 0. The van der Waals surface area contributed by atoms with E-state index < -0.39 is 0 Å². The largest absolute Gasteiger partial charge is 0.311 e. The van der Waals surface area contributed by atoms with E-state index in [9.17, 15) is 0 Å². The summed E-state index contributed by atoms with van der Waals surface area (Å²) in [4.78, 5) is 0. The summed E-state index contributed by atoms with van der Waals surface area (Å²) < 4.78 is 0. The lowest BCUT2D eigenvalue weighted by Gasteiger charge is -2.13. The van der Waals surface area contributed by atoms with Crippen molar-refractivity contribution in [2.75, 3.05) is 6.54 Å². The van der Waals surface area contributed by atoms with Crippen LogP contribution in [0.15, 0.2) is 22.4 Å². The van der Waals surface area contributed by atoms with Crippen molar-refractivity contribution >= 4 is 17.4 Å². The molecule has 0 saturated carbocycles. The normalized spacial score (nSPS) is 14.4. The van der Waals surface area contributed by atoms with Crippen molar-refractivity contribution in [2.24, 2.45) is 0 Å². The lowest BCUT2D eigenvalue weighted by atomic mass is 10.1. The van der Waals surface area contributed by atoms with Gasteiger partial charge in [0, 0.05) is 6.04 Å². The molecule has 0 bridgehead atoms. The van der Waals surface area contributed by atoms with Gasteiger partial charge in [0.1, 0.15) is 0 Å². The fourth-order valence-electron chi connectivity index (χ4n) is 1.27. The molecule has 1 rings (SSSR count). The summed E-state index contributed by atoms with van der Waals surface area (Å²) in [6.07, 6.45) is 3.44. The standard InChI is InChI=1S/C12H19NS/c1-4-6-13-11(3)10(2)8-12-5-7-14-9-12/h5,7-9,11,13H,4,6H2,1-3H3/b10-8+. The second kappa shape index (κ2) is 5.99. The van der Waals surface area contributed by atoms with Crippen LogP contribution in [0.2, 0.25) is 0 Å². The Kier molecular flexibility index (Phi) is 4.91. The fourth-order valence-corrected chi connectivity index (χ4v) is 1.88. The second-order valence-corrected chi connectivity index (χ2v) is 4.40. The minimum Gasteiger partial charge on any atom is -0.311 e. The van der Waals surface area contributed by atoms with E-state index in [0.717, 1.165) is 6.54 Å². The van der Waals surface area contributed by atoms with Crippen molar-refractivity contribution in [2.45, 2.75) is 33.2 Å². The maximum Gasteiger partial charge on any atom is 0.0251 e. The zero-order valence-corrected chi connectivity index (χ0v) is 10.0. The Bertz CT molecular complexity index is 275. The predicted octanol–water partition coefficient (Wildman–Crippen LogP) is 3.54. The molecule has 1 aromatic rings. The first-order valence-electron chi connectivity index (χ1n) is 5.17. The highest BCUT2D eigenvalue weighted by Crippen LogP contribution is 2.12. The summed E-state index contributed by atoms with van der Waals surface area (Å²) in [6, 6.07) is 2.63. The molecule has 0 aliphatic rings. The maximum absolute atomic E-state index is 3.48. The Morgan fingerprint density at radius 2 is 2.43 bits per heavy atom. The minimum absolute atomic E-state index is 0.481. The van der Waals surface area contributed by atoms with Crippen LogP contribution in [0.1, 0.15) is 32.8 Å². The van der Waals surface area contributed by atoms with E-state index in [-0.39, 0.29) is 0 Å². The molecule has 1 unspecified atom stereocenters. The molecule has 78 valence electrons. The van der Waals surface area contributed by atoms with Gasteiger partial charge in [0.05, 0.1) is 0 Å². The summed E-state index contributed by atoms with van der Waals surface area (Å²) >= 11 is 1.75. The van der Waals surface area contributed by atoms with E-state index in [4.69, 9.17) is 0 Å². The molecule has 1 N–H and O–H groups in total. The van der Waals surface area contributed by atoms with Crippen molar-refractivity contribution in [1.29, 1.82) is 0 Å². The number of rotatable bonds is 5. The van der Waals surface area contributed by atoms with Gasteiger partial charge in [-0.25, -0.2) is 0 Å². The predicted molar refractivity (Wildman–Crippen MR) is 65.7 cm³/mol. The van der Waals surface area contributed by atoms with Crippen LogP contribution < -0.4 is 5.32 Å². The highest BCUT2D eigenvalue weighted by atomic mass is 32.1. The molecule has 0 aliphatic carbocycles. The van der Waals surface area contributed by atoms with E-state index in [0.29, 0.717) is 6.04 Å². The third kappa shape index (κ3) is 3.64. The Labute approximate surface area is 90.9 Å². The third-order valence-electron chi connectivity index (χ3n) is 2.32. The van der Waals surface area contributed by atoms with Crippen LogP contribution in [0.25, 0.3) is 6.08 Å². The van der Waals surface area contributed by atoms with Gasteiger partial charge in [-0.1, -0.05) is 18.6 Å². The first-order valence-corrected chi connectivity index (χ1v) is 6.12. The monoisotopic (exact) mass is 209 g/mol. The van der Waals surface area contributed by atoms with E-state index in [2.05, 4.69) is 49.0 Å². The van der Waals surface area contributed by atoms with Gasteiger partial charge in [-0.2, -0.15) is 11.3 Å². The molecule has 0 radical (unpaired) electrons. The average Bonchev–Trinajstić information content (AvgIpc) is 2.66. The van der Waals surface area contributed by atoms with Gasteiger partial charge in [-0.05, 0) is 49.2 Å². The molecule has 0 aromatic carbocycles. The lowest BCUT2D eigenvalue weighted by Crippen LogP contribution is -2.27. The first kappa shape index (κ1) is 11.5. The van der Waals surface area contributed by atoms with Crippen molar-refractivity contribution in [1.82, 2.24) is 5.32 Å². The number of hydrogen-bond acceptors (Lipinski definition) is 2. The van der Waals surface area contributed by atoms with Crippen LogP contribution in [0, 0.1) is 0 Å². The molecule has 14 heavy (non-hydrogen) atoms. The quantitative estimate of drug-likeness (QED) is 0.782. The summed E-state index contributed by atoms with van der Waals surface area (Å²) in [7, 11) is 0. The second-order valence-electron chi connectivity index (χ2n) is 3.62. The van der Waals surface area contributed by atoms with E-state index in [1.165, 1.54) is 17.6 Å². The van der Waals surface area contributed by atoms with Crippen LogP contribution in [-0.4, -0.2) is 12.6 Å². The van der Waals surface area contributed by atoms with Gasteiger partial charge in [0.15, 0.2) is 0 Å². The van der Waals surface area contributed by atoms with E-state index in [1.807, 2.05) is 0 Å².